The van der Waals surface area contributed by atoms with Crippen molar-refractivity contribution in [2.45, 2.75) is 22.3 Å². The number of halogens is 1. The predicted octanol–water partition coefficient (Wildman–Crippen LogP) is 2.06. The molecule has 1 aromatic carbocycles. The molecule has 8 heteroatoms. The molecule has 1 unspecified atom stereocenters. The highest BCUT2D eigenvalue weighted by atomic mass is 32.2. The number of nitrogens with one attached hydrogen (secondary N) is 2. The average molecular weight is 313 g/mol. The Labute approximate surface area is 120 Å². The van der Waals surface area contributed by atoms with Crippen molar-refractivity contribution in [2.24, 2.45) is 0 Å². The van der Waals surface area contributed by atoms with E-state index in [1.165, 1.54) is 24.5 Å². The Hall–Kier alpha value is -1.38. The molecule has 1 aromatic heterocycles. The zero-order valence-electron chi connectivity index (χ0n) is 10.3. The van der Waals surface area contributed by atoms with Gasteiger partial charge in [-0.1, -0.05) is 0 Å². The first-order chi connectivity index (χ1) is 9.56. The van der Waals surface area contributed by atoms with E-state index in [2.05, 4.69) is 14.9 Å². The summed E-state index contributed by atoms with van der Waals surface area (Å²) in [5, 5.41) is 6.10. The SMILES string of the molecule is O=S(=O)(NC1CCSc2ccc(F)cc21)c1cn[nH]c1. The van der Waals surface area contributed by atoms with E-state index in [4.69, 9.17) is 0 Å². The number of hydrogen-bond donors (Lipinski definition) is 2. The number of aromatic nitrogens is 2. The van der Waals surface area contributed by atoms with E-state index in [9.17, 15) is 12.8 Å². The molecule has 0 aliphatic carbocycles. The molecule has 0 saturated heterocycles. The van der Waals surface area contributed by atoms with Gasteiger partial charge in [0.25, 0.3) is 0 Å². The normalized spacial score (nSPS) is 18.8. The van der Waals surface area contributed by atoms with Crippen LogP contribution < -0.4 is 4.72 Å². The van der Waals surface area contributed by atoms with Gasteiger partial charge in [-0.2, -0.15) is 5.10 Å². The van der Waals surface area contributed by atoms with Crippen molar-refractivity contribution in [3.63, 3.8) is 0 Å². The number of nitrogens with zero attached hydrogens (tertiary/aromatic N) is 1. The van der Waals surface area contributed by atoms with E-state index in [-0.39, 0.29) is 10.7 Å². The van der Waals surface area contributed by atoms with Crippen molar-refractivity contribution in [3.8, 4) is 0 Å². The summed E-state index contributed by atoms with van der Waals surface area (Å²) in [6.07, 6.45) is 3.18. The second-order valence-electron chi connectivity index (χ2n) is 4.43. The molecule has 1 atom stereocenters. The first-order valence-corrected chi connectivity index (χ1v) is 8.46. The van der Waals surface area contributed by atoms with E-state index < -0.39 is 16.1 Å². The van der Waals surface area contributed by atoms with Crippen LogP contribution in [-0.2, 0) is 10.0 Å². The topological polar surface area (TPSA) is 74.8 Å². The number of H-pyrrole nitrogens is 1. The highest BCUT2D eigenvalue weighted by molar-refractivity contribution is 7.99. The molecule has 5 nitrogen and oxygen atoms in total. The van der Waals surface area contributed by atoms with E-state index in [0.717, 1.165) is 10.6 Å². The Morgan fingerprint density at radius 3 is 3.05 bits per heavy atom. The molecule has 3 rings (SSSR count). The van der Waals surface area contributed by atoms with Gasteiger partial charge >= 0.3 is 0 Å². The third kappa shape index (κ3) is 2.58. The van der Waals surface area contributed by atoms with Crippen LogP contribution in [-0.4, -0.2) is 24.4 Å². The van der Waals surface area contributed by atoms with Crippen LogP contribution in [0.4, 0.5) is 4.39 Å². The van der Waals surface area contributed by atoms with Crippen molar-refractivity contribution in [1.82, 2.24) is 14.9 Å². The van der Waals surface area contributed by atoms with Crippen LogP contribution in [0.1, 0.15) is 18.0 Å². The van der Waals surface area contributed by atoms with Gasteiger partial charge < -0.3 is 0 Å². The maximum atomic E-state index is 13.4. The zero-order valence-corrected chi connectivity index (χ0v) is 12.0. The van der Waals surface area contributed by atoms with Gasteiger partial charge in [-0.3, -0.25) is 5.10 Å². The van der Waals surface area contributed by atoms with Crippen molar-refractivity contribution in [1.29, 1.82) is 0 Å². The summed E-state index contributed by atoms with van der Waals surface area (Å²) in [4.78, 5) is 0.992. The molecular formula is C12H12FN3O2S2. The highest BCUT2D eigenvalue weighted by Gasteiger charge is 2.27. The third-order valence-corrected chi connectivity index (χ3v) is 5.65. The van der Waals surface area contributed by atoms with Gasteiger partial charge in [-0.05, 0) is 35.9 Å². The molecule has 2 N–H and O–H groups in total. The van der Waals surface area contributed by atoms with Crippen LogP contribution in [0.15, 0.2) is 40.4 Å². The molecule has 2 aromatic rings. The minimum absolute atomic E-state index is 0.0775. The number of aromatic amines is 1. The van der Waals surface area contributed by atoms with Gasteiger partial charge in [-0.15, -0.1) is 11.8 Å². The molecule has 0 fully saturated rings. The van der Waals surface area contributed by atoms with Crippen LogP contribution in [0, 0.1) is 5.82 Å². The lowest BCUT2D eigenvalue weighted by Crippen LogP contribution is -2.30. The number of thioether (sulfide) groups is 1. The number of rotatable bonds is 3. The van der Waals surface area contributed by atoms with Gasteiger partial charge in [-0.25, -0.2) is 17.5 Å². The fourth-order valence-electron chi connectivity index (χ4n) is 2.13. The molecule has 0 amide bonds. The summed E-state index contributed by atoms with van der Waals surface area (Å²) in [5.74, 6) is 0.427. The maximum Gasteiger partial charge on any atom is 0.244 e. The smallest absolute Gasteiger partial charge is 0.244 e. The highest BCUT2D eigenvalue weighted by Crippen LogP contribution is 2.37. The second-order valence-corrected chi connectivity index (χ2v) is 7.28. The number of benzene rings is 1. The van der Waals surface area contributed by atoms with Crippen LogP contribution in [0.3, 0.4) is 0 Å². The van der Waals surface area contributed by atoms with Gasteiger partial charge in [0.2, 0.25) is 10.0 Å². The molecule has 106 valence electrons. The summed E-state index contributed by atoms with van der Waals surface area (Å²) < 4.78 is 40.4. The summed E-state index contributed by atoms with van der Waals surface area (Å²) in [6, 6.07) is 4.05. The summed E-state index contributed by atoms with van der Waals surface area (Å²) in [5.41, 5.74) is 0.688. The standard InChI is InChI=1S/C12H12FN3O2S2/c13-8-1-2-12-10(5-8)11(3-4-19-12)16-20(17,18)9-6-14-15-7-9/h1-2,5-7,11,16H,3-4H2,(H,14,15). The fraction of sp³-hybridized carbons (Fsp3) is 0.250. The van der Waals surface area contributed by atoms with Crippen LogP contribution >= 0.6 is 11.8 Å². The van der Waals surface area contributed by atoms with Gasteiger partial charge in [0.05, 0.1) is 6.20 Å². The molecule has 0 spiro atoms. The Morgan fingerprint density at radius 2 is 2.30 bits per heavy atom. The van der Waals surface area contributed by atoms with E-state index in [0.29, 0.717) is 12.0 Å². The first kappa shape index (κ1) is 13.6. The van der Waals surface area contributed by atoms with Gasteiger partial charge in [0, 0.05) is 17.1 Å². The summed E-state index contributed by atoms with van der Waals surface area (Å²) >= 11 is 1.60. The second kappa shape index (κ2) is 5.19. The average Bonchev–Trinajstić information content (AvgIpc) is 2.94. The largest absolute Gasteiger partial charge is 0.284 e. The Morgan fingerprint density at radius 1 is 1.45 bits per heavy atom. The van der Waals surface area contributed by atoms with E-state index >= 15 is 0 Å². The molecular weight excluding hydrogens is 301 g/mol. The quantitative estimate of drug-likeness (QED) is 0.909. The molecule has 0 bridgehead atoms. The summed E-state index contributed by atoms with van der Waals surface area (Å²) in [6.45, 7) is 0. The lowest BCUT2D eigenvalue weighted by molar-refractivity contribution is 0.541. The molecule has 0 radical (unpaired) electrons. The monoisotopic (exact) mass is 313 g/mol. The Kier molecular flexibility index (Phi) is 3.53. The Bertz CT molecular complexity index is 716. The Balaban J connectivity index is 1.92. The molecule has 1 aliphatic heterocycles. The fourth-order valence-corrected chi connectivity index (χ4v) is 4.39. The van der Waals surface area contributed by atoms with Crippen LogP contribution in [0.25, 0.3) is 0 Å². The third-order valence-electron chi connectivity index (χ3n) is 3.09. The molecule has 20 heavy (non-hydrogen) atoms. The van der Waals surface area contributed by atoms with Crippen molar-refractivity contribution in [3.05, 3.63) is 42.0 Å². The lowest BCUT2D eigenvalue weighted by Gasteiger charge is -2.25. The van der Waals surface area contributed by atoms with Crippen molar-refractivity contribution >= 4 is 21.8 Å². The van der Waals surface area contributed by atoms with Crippen molar-refractivity contribution in [2.75, 3.05) is 5.75 Å². The molecule has 2 heterocycles. The maximum absolute atomic E-state index is 13.4. The van der Waals surface area contributed by atoms with Gasteiger partial charge in [0.1, 0.15) is 10.7 Å². The predicted molar refractivity (Wildman–Crippen MR) is 73.4 cm³/mol. The van der Waals surface area contributed by atoms with Crippen LogP contribution in [0.5, 0.6) is 0 Å². The van der Waals surface area contributed by atoms with E-state index in [1.807, 2.05) is 0 Å². The first-order valence-electron chi connectivity index (χ1n) is 5.99. The zero-order chi connectivity index (χ0) is 14.2. The molecule has 1 aliphatic rings. The minimum atomic E-state index is -3.65. The number of sulfonamides is 1. The molecule has 0 saturated carbocycles. The van der Waals surface area contributed by atoms with Gasteiger partial charge in [0.15, 0.2) is 0 Å². The number of hydrogen-bond acceptors (Lipinski definition) is 4. The lowest BCUT2D eigenvalue weighted by atomic mass is 10.0. The van der Waals surface area contributed by atoms with Crippen molar-refractivity contribution < 1.29 is 12.8 Å². The minimum Gasteiger partial charge on any atom is -0.284 e. The summed E-state index contributed by atoms with van der Waals surface area (Å²) in [7, 11) is -3.65. The number of fused-ring (bicyclic) bond motifs is 1. The van der Waals surface area contributed by atoms with Crippen LogP contribution in [0.2, 0.25) is 0 Å². The van der Waals surface area contributed by atoms with E-state index in [1.54, 1.807) is 17.8 Å².